The van der Waals surface area contributed by atoms with Crippen LogP contribution < -0.4 is 4.18 Å². The van der Waals surface area contributed by atoms with E-state index in [4.69, 9.17) is 15.2 Å². The number of benzene rings is 2. The van der Waals surface area contributed by atoms with Gasteiger partial charge in [0, 0.05) is 32.7 Å². The second kappa shape index (κ2) is 7.37. The smallest absolute Gasteiger partial charge is 0.340 e. The molecule has 0 heterocycles. The highest BCUT2D eigenvalue weighted by atomic mass is 32.2. The fraction of sp³-hybridized carbons (Fsp3) is 0. The van der Waals surface area contributed by atoms with E-state index in [-0.39, 0.29) is 22.7 Å². The molecule has 0 amide bonds. The number of fused-ring (bicyclic) bond motifs is 1. The van der Waals surface area contributed by atoms with Crippen LogP contribution in [0.5, 0.6) is 11.5 Å². The van der Waals surface area contributed by atoms with Gasteiger partial charge in [-0.1, -0.05) is 34.5 Å². The van der Waals surface area contributed by atoms with Crippen molar-refractivity contribution in [2.75, 3.05) is 0 Å². The predicted octanol–water partition coefficient (Wildman–Crippen LogP) is 3.49. The Morgan fingerprint density at radius 1 is 0.966 bits per heavy atom. The van der Waals surface area contributed by atoms with Gasteiger partial charge in [-0.3, -0.25) is 9.59 Å². The van der Waals surface area contributed by atoms with Gasteiger partial charge in [-0.25, -0.2) is 0 Å². The van der Waals surface area contributed by atoms with Gasteiger partial charge in [0.1, 0.15) is 22.1 Å². The zero-order chi connectivity index (χ0) is 21.2. The number of phenols is 1. The Balaban J connectivity index is 2.37. The lowest BCUT2D eigenvalue weighted by Crippen LogP contribution is -2.27. The van der Waals surface area contributed by atoms with Crippen molar-refractivity contribution in [2.45, 2.75) is 0 Å². The number of azide groups is 2. The molecule has 0 atom stereocenters. The zero-order valence-corrected chi connectivity index (χ0v) is 14.9. The molecule has 0 unspecified atom stereocenters. The van der Waals surface area contributed by atoms with Gasteiger partial charge < -0.3 is 9.29 Å². The number of hydrogen-bond donors (Lipinski definition) is 1. The van der Waals surface area contributed by atoms with Crippen molar-refractivity contribution in [3.8, 4) is 11.5 Å². The van der Waals surface area contributed by atoms with E-state index in [1.807, 2.05) is 0 Å². The maximum absolute atomic E-state index is 13.0. The SMILES string of the molecule is [N-]=[N+]=NC1=C(S(=O)(=O)Oc2cccc(O)c2)c2c(N=[N+]=[N-])cccc2C(=O)C1=O. The molecule has 12 nitrogen and oxygen atoms in total. The Morgan fingerprint density at radius 3 is 2.31 bits per heavy atom. The summed E-state index contributed by atoms with van der Waals surface area (Å²) < 4.78 is 30.9. The van der Waals surface area contributed by atoms with Crippen molar-refractivity contribution < 1.29 is 27.3 Å². The molecule has 0 radical (unpaired) electrons. The number of carbonyl (C=O) groups excluding carboxylic acids is 2. The summed E-state index contributed by atoms with van der Waals surface area (Å²) in [6.45, 7) is 0. The summed E-state index contributed by atoms with van der Waals surface area (Å²) in [4.78, 5) is 28.8. The van der Waals surface area contributed by atoms with Crippen molar-refractivity contribution in [1.82, 2.24) is 0 Å². The second-order valence-electron chi connectivity index (χ2n) is 5.45. The van der Waals surface area contributed by atoms with Gasteiger partial charge in [-0.05, 0) is 23.2 Å². The molecular formula is C16H8N6O6S. The molecule has 0 aromatic heterocycles. The number of Topliss-reactive ketones (excluding diaryl/α,β-unsaturated/α-hetero) is 2. The normalized spacial score (nSPS) is 13.2. The van der Waals surface area contributed by atoms with Crippen molar-refractivity contribution in [3.05, 3.63) is 80.2 Å². The van der Waals surface area contributed by atoms with Crippen LogP contribution in [-0.2, 0) is 14.9 Å². The zero-order valence-electron chi connectivity index (χ0n) is 14.1. The van der Waals surface area contributed by atoms with Gasteiger partial charge in [0.2, 0.25) is 11.6 Å². The van der Waals surface area contributed by atoms with Crippen molar-refractivity contribution in [1.29, 1.82) is 0 Å². The number of aromatic hydroxyl groups is 1. The average molecular weight is 412 g/mol. The number of hydrogen-bond acceptors (Lipinski definition) is 8. The molecule has 0 saturated carbocycles. The molecule has 0 spiro atoms. The van der Waals surface area contributed by atoms with Gasteiger partial charge in [0.15, 0.2) is 0 Å². The van der Waals surface area contributed by atoms with Crippen molar-refractivity contribution >= 4 is 32.3 Å². The minimum absolute atomic E-state index is 0.297. The maximum atomic E-state index is 13.0. The van der Waals surface area contributed by atoms with Crippen LogP contribution in [0.1, 0.15) is 15.9 Å². The monoisotopic (exact) mass is 412 g/mol. The minimum Gasteiger partial charge on any atom is -0.508 e. The molecule has 1 N–H and O–H groups in total. The Bertz CT molecular complexity index is 1300. The first-order valence-corrected chi connectivity index (χ1v) is 9.01. The molecule has 2 aromatic rings. The van der Waals surface area contributed by atoms with Crippen molar-refractivity contribution in [3.63, 3.8) is 0 Å². The summed E-state index contributed by atoms with van der Waals surface area (Å²) >= 11 is 0. The number of rotatable bonds is 5. The van der Waals surface area contributed by atoms with E-state index in [1.54, 1.807) is 0 Å². The molecule has 29 heavy (non-hydrogen) atoms. The third kappa shape index (κ3) is 3.47. The Hall–Kier alpha value is -4.31. The van der Waals surface area contributed by atoms with E-state index in [0.29, 0.717) is 0 Å². The minimum atomic E-state index is -4.89. The number of ketones is 2. The first-order valence-electron chi connectivity index (χ1n) is 7.60. The predicted molar refractivity (Wildman–Crippen MR) is 98.3 cm³/mol. The van der Waals surface area contributed by atoms with Gasteiger partial charge in [0.25, 0.3) is 0 Å². The van der Waals surface area contributed by atoms with Gasteiger partial charge in [-0.15, -0.1) is 0 Å². The highest BCUT2D eigenvalue weighted by Gasteiger charge is 2.40. The van der Waals surface area contributed by atoms with Crippen LogP contribution >= 0.6 is 0 Å². The Morgan fingerprint density at radius 2 is 1.66 bits per heavy atom. The number of nitrogens with zero attached hydrogens (tertiary/aromatic N) is 6. The second-order valence-corrected chi connectivity index (χ2v) is 6.93. The Labute approximate surface area is 162 Å². The fourth-order valence-corrected chi connectivity index (χ4v) is 3.91. The Kier molecular flexibility index (Phi) is 4.94. The summed E-state index contributed by atoms with van der Waals surface area (Å²) in [6, 6.07) is 8.41. The molecule has 13 heteroatoms. The molecule has 3 rings (SSSR count). The van der Waals surface area contributed by atoms with Crippen LogP contribution in [0.3, 0.4) is 0 Å². The van der Waals surface area contributed by atoms with Crippen LogP contribution in [-0.4, -0.2) is 25.1 Å². The van der Waals surface area contributed by atoms with Crippen LogP contribution in [0.2, 0.25) is 0 Å². The molecule has 0 fully saturated rings. The van der Waals surface area contributed by atoms with E-state index in [1.165, 1.54) is 30.3 Å². The molecule has 0 aliphatic heterocycles. The summed E-state index contributed by atoms with van der Waals surface area (Å²) in [7, 11) is -4.89. The quantitative estimate of drug-likeness (QED) is 0.256. The lowest BCUT2D eigenvalue weighted by Gasteiger charge is -2.21. The van der Waals surface area contributed by atoms with Crippen molar-refractivity contribution in [2.24, 2.45) is 10.2 Å². The highest BCUT2D eigenvalue weighted by Crippen LogP contribution is 2.41. The number of allylic oxidation sites excluding steroid dienone is 1. The molecular weight excluding hydrogens is 404 g/mol. The first-order chi connectivity index (χ1) is 13.8. The van der Waals surface area contributed by atoms with Crippen LogP contribution in [0.15, 0.2) is 58.4 Å². The average Bonchev–Trinajstić information content (AvgIpc) is 2.66. The van der Waals surface area contributed by atoms with Crippen LogP contribution in [0.25, 0.3) is 25.8 Å². The van der Waals surface area contributed by atoms with Gasteiger partial charge in [-0.2, -0.15) is 8.42 Å². The third-order valence-corrected chi connectivity index (χ3v) is 5.03. The van der Waals surface area contributed by atoms with Gasteiger partial charge in [0.05, 0.1) is 0 Å². The molecule has 1 aliphatic rings. The highest BCUT2D eigenvalue weighted by molar-refractivity contribution is 7.96. The molecule has 0 bridgehead atoms. The standard InChI is InChI=1S/C16H8N6O6S/c17-21-19-11-6-2-5-10-12(11)16(13(20-22-18)15(25)14(10)24)29(26,27)28-9-4-1-3-8(23)7-9/h1-7,23H. The largest absolute Gasteiger partial charge is 0.508 e. The summed E-state index contributed by atoms with van der Waals surface area (Å²) in [5, 5.41) is 15.9. The first kappa shape index (κ1) is 19.5. The lowest BCUT2D eigenvalue weighted by molar-refractivity contribution is -0.111. The maximum Gasteiger partial charge on any atom is 0.340 e. The lowest BCUT2D eigenvalue weighted by atomic mass is 9.92. The van der Waals surface area contributed by atoms with E-state index in [2.05, 4.69) is 20.1 Å². The fourth-order valence-electron chi connectivity index (χ4n) is 2.63. The van der Waals surface area contributed by atoms with E-state index in [9.17, 15) is 23.1 Å². The molecule has 1 aliphatic carbocycles. The number of phenolic OH excluding ortho intramolecular Hbond substituents is 1. The van der Waals surface area contributed by atoms with Crippen LogP contribution in [0, 0.1) is 0 Å². The summed E-state index contributed by atoms with van der Waals surface area (Å²) in [6.07, 6.45) is 0. The topological polar surface area (TPSA) is 195 Å². The third-order valence-electron chi connectivity index (χ3n) is 3.72. The summed E-state index contributed by atoms with van der Waals surface area (Å²) in [5.74, 6) is -3.13. The van der Waals surface area contributed by atoms with E-state index in [0.717, 1.165) is 12.1 Å². The van der Waals surface area contributed by atoms with Gasteiger partial charge >= 0.3 is 10.1 Å². The molecule has 144 valence electrons. The molecule has 0 saturated heterocycles. The van der Waals surface area contributed by atoms with E-state index < -0.39 is 37.9 Å². The van der Waals surface area contributed by atoms with Crippen LogP contribution in [0.4, 0.5) is 5.69 Å². The molecule has 2 aromatic carbocycles. The summed E-state index contributed by atoms with van der Waals surface area (Å²) in [5.41, 5.74) is 15.4. The number of carbonyl (C=O) groups is 2. The van der Waals surface area contributed by atoms with E-state index >= 15 is 0 Å².